The van der Waals surface area contributed by atoms with E-state index in [4.69, 9.17) is 4.42 Å². The zero-order valence-corrected chi connectivity index (χ0v) is 16.3. The van der Waals surface area contributed by atoms with Crippen molar-refractivity contribution in [2.24, 2.45) is 5.41 Å². The first-order valence-electron chi connectivity index (χ1n) is 9.41. The fourth-order valence-corrected chi connectivity index (χ4v) is 4.83. The van der Waals surface area contributed by atoms with E-state index in [-0.39, 0.29) is 5.91 Å². The van der Waals surface area contributed by atoms with Crippen LogP contribution in [0, 0.1) is 5.41 Å². The Morgan fingerprint density at radius 3 is 2.77 bits per heavy atom. The number of hydrogen-bond acceptors (Lipinski definition) is 6. The highest BCUT2D eigenvalue weighted by Crippen LogP contribution is 2.57. The van der Waals surface area contributed by atoms with Gasteiger partial charge in [-0.2, -0.15) is 11.3 Å². The van der Waals surface area contributed by atoms with E-state index in [9.17, 15) is 4.79 Å². The lowest BCUT2D eigenvalue weighted by Gasteiger charge is -2.34. The van der Waals surface area contributed by atoms with Crippen LogP contribution in [-0.4, -0.2) is 45.0 Å². The van der Waals surface area contributed by atoms with E-state index in [0.29, 0.717) is 23.2 Å². The fraction of sp³-hybridized carbons (Fsp3) is 0.632. The monoisotopic (exact) mass is 374 g/mol. The Hall–Kier alpha value is -1.73. The normalized spacial score (nSPS) is 21.8. The van der Waals surface area contributed by atoms with Gasteiger partial charge in [-0.1, -0.05) is 6.92 Å². The molecule has 6 nitrogen and oxygen atoms in total. The number of hydrogen-bond donors (Lipinski definition) is 0. The summed E-state index contributed by atoms with van der Waals surface area (Å²) >= 11 is 1.69. The fourth-order valence-electron chi connectivity index (χ4n) is 4.17. The minimum absolute atomic E-state index is 0.193. The summed E-state index contributed by atoms with van der Waals surface area (Å²) in [6.45, 7) is 7.27. The quantitative estimate of drug-likeness (QED) is 0.777. The minimum atomic E-state index is 0.193. The van der Waals surface area contributed by atoms with Crippen molar-refractivity contribution < 1.29 is 9.21 Å². The Morgan fingerprint density at radius 1 is 1.38 bits per heavy atom. The van der Waals surface area contributed by atoms with Gasteiger partial charge in [0.05, 0.1) is 6.54 Å². The number of aryl methyl sites for hydroxylation is 1. The van der Waals surface area contributed by atoms with Crippen molar-refractivity contribution >= 4 is 17.2 Å². The molecular formula is C19H26N4O2S. The molecule has 3 heterocycles. The van der Waals surface area contributed by atoms with Gasteiger partial charge in [-0.15, -0.1) is 10.2 Å². The summed E-state index contributed by atoms with van der Waals surface area (Å²) in [5, 5.41) is 12.4. The molecule has 140 valence electrons. The number of rotatable bonds is 6. The molecule has 2 fully saturated rings. The Morgan fingerprint density at radius 2 is 2.15 bits per heavy atom. The van der Waals surface area contributed by atoms with Gasteiger partial charge in [0, 0.05) is 25.9 Å². The molecule has 26 heavy (non-hydrogen) atoms. The van der Waals surface area contributed by atoms with E-state index < -0.39 is 0 Å². The van der Waals surface area contributed by atoms with Gasteiger partial charge in [-0.25, -0.2) is 0 Å². The van der Waals surface area contributed by atoms with E-state index in [1.165, 1.54) is 5.56 Å². The number of aromatic nitrogens is 2. The number of piperidine rings is 1. The number of carbonyl (C=O) groups is 1. The zero-order valence-electron chi connectivity index (χ0n) is 15.5. The molecule has 1 aliphatic heterocycles. The molecule has 0 radical (unpaired) electrons. The number of nitrogens with zero attached hydrogens (tertiary/aromatic N) is 4. The molecule has 1 atom stereocenters. The lowest BCUT2D eigenvalue weighted by atomic mass is 9.92. The summed E-state index contributed by atoms with van der Waals surface area (Å²) in [4.78, 5) is 16.7. The van der Waals surface area contributed by atoms with E-state index in [1.807, 2.05) is 6.92 Å². The van der Waals surface area contributed by atoms with Gasteiger partial charge in [0.25, 0.3) is 0 Å². The molecule has 0 aromatic carbocycles. The minimum Gasteiger partial charge on any atom is -0.424 e. The van der Waals surface area contributed by atoms with Crippen LogP contribution in [0.15, 0.2) is 21.2 Å². The smallest absolute Gasteiger partial charge is 0.230 e. The van der Waals surface area contributed by atoms with Crippen LogP contribution in [-0.2, 0) is 24.3 Å². The molecule has 2 aromatic rings. The average molecular weight is 375 g/mol. The Kier molecular flexibility index (Phi) is 4.84. The summed E-state index contributed by atoms with van der Waals surface area (Å²) in [5.41, 5.74) is 1.56. The highest BCUT2D eigenvalue weighted by molar-refractivity contribution is 7.07. The highest BCUT2D eigenvalue weighted by atomic mass is 32.1. The summed E-state index contributed by atoms with van der Waals surface area (Å²) in [7, 11) is 0. The van der Waals surface area contributed by atoms with Gasteiger partial charge in [0.15, 0.2) is 0 Å². The first-order valence-corrected chi connectivity index (χ1v) is 10.4. The molecule has 2 aromatic heterocycles. The largest absolute Gasteiger partial charge is 0.424 e. The van der Waals surface area contributed by atoms with Crippen LogP contribution in [0.1, 0.15) is 50.5 Å². The molecule has 1 spiro atoms. The summed E-state index contributed by atoms with van der Waals surface area (Å²) in [5.74, 6) is 1.62. The molecule has 0 N–H and O–H groups in total. The van der Waals surface area contributed by atoms with Crippen molar-refractivity contribution in [1.29, 1.82) is 0 Å². The third-order valence-electron chi connectivity index (χ3n) is 5.88. The molecule has 1 aliphatic carbocycles. The van der Waals surface area contributed by atoms with Crippen LogP contribution >= 0.6 is 11.3 Å². The van der Waals surface area contributed by atoms with Crippen molar-refractivity contribution in [3.63, 3.8) is 0 Å². The lowest BCUT2D eigenvalue weighted by molar-refractivity contribution is -0.130. The second kappa shape index (κ2) is 7.12. The van der Waals surface area contributed by atoms with Crippen LogP contribution in [0.2, 0.25) is 0 Å². The van der Waals surface area contributed by atoms with Crippen molar-refractivity contribution in [3.05, 3.63) is 34.2 Å². The maximum atomic E-state index is 12.2. The SMILES string of the molecule is CCc1nnc(CN2CCC3(CC2)CC3N(Cc2ccsc2)C(C)=O)o1. The Labute approximate surface area is 158 Å². The summed E-state index contributed by atoms with van der Waals surface area (Å²) in [6.07, 6.45) is 4.20. The topological polar surface area (TPSA) is 62.5 Å². The number of thiophene rings is 1. The molecule has 2 aliphatic rings. The molecular weight excluding hydrogens is 348 g/mol. The lowest BCUT2D eigenvalue weighted by Crippen LogP contribution is -2.39. The molecule has 0 bridgehead atoms. The van der Waals surface area contributed by atoms with Crippen LogP contribution in [0.5, 0.6) is 0 Å². The van der Waals surface area contributed by atoms with Crippen LogP contribution in [0.4, 0.5) is 0 Å². The Balaban J connectivity index is 1.33. The molecule has 1 unspecified atom stereocenters. The van der Waals surface area contributed by atoms with Gasteiger partial charge in [0.2, 0.25) is 17.7 Å². The predicted octanol–water partition coefficient (Wildman–Crippen LogP) is 3.10. The van der Waals surface area contributed by atoms with Gasteiger partial charge in [0.1, 0.15) is 0 Å². The summed E-state index contributed by atoms with van der Waals surface area (Å²) in [6, 6.07) is 2.52. The molecule has 1 amide bonds. The second-order valence-corrected chi connectivity index (χ2v) is 8.36. The van der Waals surface area contributed by atoms with E-state index in [2.05, 4.69) is 36.8 Å². The molecule has 1 saturated carbocycles. The standard InChI is InChI=1S/C19H26N4O2S/c1-3-17-20-21-18(25-17)12-22-7-5-19(6-8-22)10-16(19)23(14(2)24)11-15-4-9-26-13-15/h4,9,13,16H,3,5-8,10-12H2,1-2H3. The molecule has 4 rings (SSSR count). The van der Waals surface area contributed by atoms with Crippen LogP contribution < -0.4 is 0 Å². The van der Waals surface area contributed by atoms with Crippen molar-refractivity contribution in [2.45, 2.75) is 58.7 Å². The van der Waals surface area contributed by atoms with Gasteiger partial charge in [-0.05, 0) is 60.2 Å². The average Bonchev–Trinajstić information content (AvgIpc) is 3.01. The highest BCUT2D eigenvalue weighted by Gasteiger charge is 2.58. The molecule has 7 heteroatoms. The second-order valence-electron chi connectivity index (χ2n) is 7.58. The summed E-state index contributed by atoms with van der Waals surface area (Å²) < 4.78 is 5.64. The third kappa shape index (κ3) is 3.55. The number of carbonyl (C=O) groups excluding carboxylic acids is 1. The van der Waals surface area contributed by atoms with Gasteiger partial charge < -0.3 is 9.32 Å². The molecule has 1 saturated heterocycles. The predicted molar refractivity (Wildman–Crippen MR) is 99.6 cm³/mol. The Bertz CT molecular complexity index is 749. The number of likely N-dealkylation sites (tertiary alicyclic amines) is 1. The van der Waals surface area contributed by atoms with E-state index in [1.54, 1.807) is 18.3 Å². The van der Waals surface area contributed by atoms with Crippen LogP contribution in [0.3, 0.4) is 0 Å². The third-order valence-corrected chi connectivity index (χ3v) is 6.61. The van der Waals surface area contributed by atoms with Crippen molar-refractivity contribution in [1.82, 2.24) is 20.0 Å². The van der Waals surface area contributed by atoms with E-state index in [0.717, 1.165) is 51.9 Å². The first kappa shape index (κ1) is 17.7. The van der Waals surface area contributed by atoms with E-state index >= 15 is 0 Å². The van der Waals surface area contributed by atoms with Gasteiger partial charge in [-0.3, -0.25) is 9.69 Å². The van der Waals surface area contributed by atoms with Crippen molar-refractivity contribution in [2.75, 3.05) is 13.1 Å². The van der Waals surface area contributed by atoms with Crippen molar-refractivity contribution in [3.8, 4) is 0 Å². The van der Waals surface area contributed by atoms with Gasteiger partial charge >= 0.3 is 0 Å². The first-order chi connectivity index (χ1) is 12.6. The van der Waals surface area contributed by atoms with Crippen LogP contribution in [0.25, 0.3) is 0 Å². The maximum Gasteiger partial charge on any atom is 0.230 e. The number of amides is 1. The maximum absolute atomic E-state index is 12.2. The zero-order chi connectivity index (χ0) is 18.1.